The minimum absolute atomic E-state index is 0.0834. The van der Waals surface area contributed by atoms with E-state index in [1.807, 2.05) is 6.92 Å². The summed E-state index contributed by atoms with van der Waals surface area (Å²) in [5, 5.41) is 7.54. The van der Waals surface area contributed by atoms with Crippen molar-refractivity contribution in [1.82, 2.24) is 20.0 Å². The van der Waals surface area contributed by atoms with Gasteiger partial charge in [0, 0.05) is 17.8 Å². The summed E-state index contributed by atoms with van der Waals surface area (Å²) in [7, 11) is 2.15. The molecule has 0 saturated heterocycles. The van der Waals surface area contributed by atoms with Gasteiger partial charge in [0.15, 0.2) is 9.84 Å². The zero-order valence-corrected chi connectivity index (χ0v) is 21.3. The van der Waals surface area contributed by atoms with Crippen molar-refractivity contribution in [3.63, 3.8) is 0 Å². The number of sulfone groups is 1. The van der Waals surface area contributed by atoms with Crippen LogP contribution in [0.15, 0.2) is 23.1 Å². The number of amides is 1. The molecule has 1 amide bonds. The summed E-state index contributed by atoms with van der Waals surface area (Å²) in [6, 6.07) is 5.95. The highest BCUT2D eigenvalue weighted by Gasteiger charge is 2.25. The zero-order chi connectivity index (χ0) is 24.3. The van der Waals surface area contributed by atoms with E-state index < -0.39 is 9.84 Å². The number of methoxy groups -OCH3 is 1. The van der Waals surface area contributed by atoms with E-state index in [1.54, 1.807) is 43.8 Å². The second-order valence-corrected chi connectivity index (χ2v) is 11.2. The highest BCUT2D eigenvalue weighted by molar-refractivity contribution is 7.90. The van der Waals surface area contributed by atoms with Gasteiger partial charge in [0.2, 0.25) is 5.91 Å². The number of benzene rings is 1. The molecule has 0 aliphatic heterocycles. The van der Waals surface area contributed by atoms with E-state index in [9.17, 15) is 13.2 Å². The normalized spacial score (nSPS) is 19.0. The van der Waals surface area contributed by atoms with Gasteiger partial charge in [-0.1, -0.05) is 0 Å². The minimum Gasteiger partial charge on any atom is -0.497 e. The van der Waals surface area contributed by atoms with Gasteiger partial charge in [0.25, 0.3) is 0 Å². The SMILES string of the molecule is COc1cc(C)c(S(=O)(=O)Cc2cc(C)n(CC(=O)NC3CCC(N(C)C)CC3)n2)c(C)c1. The van der Waals surface area contributed by atoms with E-state index in [0.717, 1.165) is 31.4 Å². The van der Waals surface area contributed by atoms with Gasteiger partial charge < -0.3 is 15.0 Å². The average molecular weight is 477 g/mol. The van der Waals surface area contributed by atoms with E-state index in [-0.39, 0.29) is 24.2 Å². The molecule has 1 aromatic heterocycles. The summed E-state index contributed by atoms with van der Waals surface area (Å²) in [5.74, 6) is 0.321. The first-order valence-electron chi connectivity index (χ1n) is 11.4. The Labute approximate surface area is 197 Å². The number of rotatable bonds is 8. The van der Waals surface area contributed by atoms with Gasteiger partial charge in [-0.3, -0.25) is 9.48 Å². The summed E-state index contributed by atoms with van der Waals surface area (Å²) in [6.07, 6.45) is 4.09. The molecule has 0 spiro atoms. The molecule has 9 heteroatoms. The van der Waals surface area contributed by atoms with Crippen LogP contribution in [0.25, 0.3) is 0 Å². The predicted molar refractivity (Wildman–Crippen MR) is 128 cm³/mol. The molecule has 0 bridgehead atoms. The molecule has 182 valence electrons. The van der Waals surface area contributed by atoms with Crippen LogP contribution in [-0.2, 0) is 26.9 Å². The van der Waals surface area contributed by atoms with E-state index in [1.165, 1.54) is 0 Å². The third kappa shape index (κ3) is 6.14. The molecule has 0 radical (unpaired) electrons. The smallest absolute Gasteiger partial charge is 0.241 e. The van der Waals surface area contributed by atoms with E-state index >= 15 is 0 Å². The Morgan fingerprint density at radius 3 is 2.27 bits per heavy atom. The topological polar surface area (TPSA) is 93.5 Å². The monoisotopic (exact) mass is 476 g/mol. The van der Waals surface area contributed by atoms with Crippen LogP contribution in [0.3, 0.4) is 0 Å². The molecule has 1 aliphatic rings. The third-order valence-electron chi connectivity index (χ3n) is 6.44. The Morgan fingerprint density at radius 2 is 1.73 bits per heavy atom. The van der Waals surface area contributed by atoms with Gasteiger partial charge in [-0.15, -0.1) is 0 Å². The Kier molecular flexibility index (Phi) is 7.84. The molecule has 1 aliphatic carbocycles. The van der Waals surface area contributed by atoms with E-state index in [4.69, 9.17) is 4.74 Å². The maximum absolute atomic E-state index is 13.1. The molecule has 1 saturated carbocycles. The molecule has 0 atom stereocenters. The molecule has 1 N–H and O–H groups in total. The lowest BCUT2D eigenvalue weighted by atomic mass is 9.90. The number of aryl methyl sites for hydroxylation is 3. The second-order valence-electron chi connectivity index (χ2n) is 9.32. The first-order valence-corrected chi connectivity index (χ1v) is 13.0. The Bertz CT molecular complexity index is 1080. The first kappa shape index (κ1) is 25.2. The van der Waals surface area contributed by atoms with Crippen molar-refractivity contribution >= 4 is 15.7 Å². The number of nitrogens with zero attached hydrogens (tertiary/aromatic N) is 3. The molecular formula is C24H36N4O4S. The largest absolute Gasteiger partial charge is 0.497 e. The van der Waals surface area contributed by atoms with Gasteiger partial charge >= 0.3 is 0 Å². The molecule has 2 aromatic rings. The van der Waals surface area contributed by atoms with Crippen molar-refractivity contribution in [1.29, 1.82) is 0 Å². The van der Waals surface area contributed by atoms with Crippen LogP contribution in [0.1, 0.15) is 48.2 Å². The zero-order valence-electron chi connectivity index (χ0n) is 20.5. The standard InChI is InChI=1S/C24H36N4O4S/c1-16-11-22(32-6)12-17(2)24(16)33(30,31)15-20-13-18(3)28(26-20)14-23(29)25-19-7-9-21(10-8-19)27(4)5/h11-13,19,21H,7-10,14-15H2,1-6H3,(H,25,29). The fourth-order valence-corrected chi connectivity index (χ4v) is 6.51. The third-order valence-corrected chi connectivity index (χ3v) is 8.38. The molecule has 1 fully saturated rings. The summed E-state index contributed by atoms with van der Waals surface area (Å²) in [5.41, 5.74) is 2.48. The van der Waals surface area contributed by atoms with Crippen molar-refractivity contribution in [3.8, 4) is 5.75 Å². The lowest BCUT2D eigenvalue weighted by Gasteiger charge is -2.33. The number of hydrogen-bond acceptors (Lipinski definition) is 6. The summed E-state index contributed by atoms with van der Waals surface area (Å²) in [6.45, 7) is 5.45. The molecule has 0 unspecified atom stereocenters. The van der Waals surface area contributed by atoms with E-state index in [2.05, 4.69) is 29.4 Å². The molecule has 8 nitrogen and oxygen atoms in total. The van der Waals surface area contributed by atoms with Crippen LogP contribution >= 0.6 is 0 Å². The maximum Gasteiger partial charge on any atom is 0.241 e. The van der Waals surface area contributed by atoms with Gasteiger partial charge in [-0.05, 0) is 89.9 Å². The van der Waals surface area contributed by atoms with Crippen molar-refractivity contribution in [2.45, 2.75) is 75.7 Å². The van der Waals surface area contributed by atoms with Gasteiger partial charge in [-0.25, -0.2) is 8.42 Å². The summed E-state index contributed by atoms with van der Waals surface area (Å²) in [4.78, 5) is 15.2. The van der Waals surface area contributed by atoms with Crippen LogP contribution < -0.4 is 10.1 Å². The summed E-state index contributed by atoms with van der Waals surface area (Å²) < 4.78 is 33.1. The minimum atomic E-state index is -3.60. The molecule has 1 heterocycles. The van der Waals surface area contributed by atoms with Crippen LogP contribution in [0.2, 0.25) is 0 Å². The lowest BCUT2D eigenvalue weighted by molar-refractivity contribution is -0.122. The maximum atomic E-state index is 13.1. The number of ether oxygens (including phenoxy) is 1. The van der Waals surface area contributed by atoms with Crippen molar-refractivity contribution in [2.75, 3.05) is 21.2 Å². The summed E-state index contributed by atoms with van der Waals surface area (Å²) >= 11 is 0. The highest BCUT2D eigenvalue weighted by Crippen LogP contribution is 2.28. The fraction of sp³-hybridized carbons (Fsp3) is 0.583. The molecule has 33 heavy (non-hydrogen) atoms. The van der Waals surface area contributed by atoms with Gasteiger partial charge in [0.1, 0.15) is 12.3 Å². The number of hydrogen-bond donors (Lipinski definition) is 1. The quantitative estimate of drug-likeness (QED) is 0.630. The Balaban J connectivity index is 1.65. The predicted octanol–water partition coefficient (Wildman–Crippen LogP) is 2.78. The van der Waals surface area contributed by atoms with Crippen molar-refractivity contribution in [2.24, 2.45) is 0 Å². The number of carbonyl (C=O) groups excluding carboxylic acids is 1. The molecular weight excluding hydrogens is 440 g/mol. The second kappa shape index (κ2) is 10.3. The van der Waals surface area contributed by atoms with Crippen LogP contribution in [0, 0.1) is 20.8 Å². The fourth-order valence-electron chi connectivity index (χ4n) is 4.74. The number of aromatic nitrogens is 2. The van der Waals surface area contributed by atoms with Crippen molar-refractivity contribution < 1.29 is 17.9 Å². The first-order chi connectivity index (χ1) is 15.5. The van der Waals surface area contributed by atoms with Gasteiger partial charge in [0.05, 0.1) is 23.5 Å². The van der Waals surface area contributed by atoms with Crippen molar-refractivity contribution in [3.05, 3.63) is 40.7 Å². The van der Waals surface area contributed by atoms with Crippen LogP contribution in [0.4, 0.5) is 0 Å². The average Bonchev–Trinajstić information content (AvgIpc) is 3.05. The van der Waals surface area contributed by atoms with Crippen LogP contribution in [-0.4, -0.2) is 62.3 Å². The lowest BCUT2D eigenvalue weighted by Crippen LogP contribution is -2.43. The Hall–Kier alpha value is -2.39. The highest BCUT2D eigenvalue weighted by atomic mass is 32.2. The Morgan fingerprint density at radius 1 is 1.12 bits per heavy atom. The van der Waals surface area contributed by atoms with Gasteiger partial charge in [-0.2, -0.15) is 5.10 Å². The van der Waals surface area contributed by atoms with E-state index in [0.29, 0.717) is 33.5 Å². The molecule has 3 rings (SSSR count). The number of nitrogens with one attached hydrogen (secondary N) is 1. The van der Waals surface area contributed by atoms with Crippen LogP contribution in [0.5, 0.6) is 5.75 Å². The number of carbonyl (C=O) groups is 1. The molecule has 1 aromatic carbocycles.